The second-order valence-electron chi connectivity index (χ2n) is 5.06. The van der Waals surface area contributed by atoms with Gasteiger partial charge in [0.25, 0.3) is 0 Å². The highest BCUT2D eigenvalue weighted by molar-refractivity contribution is 5.75. The monoisotopic (exact) mass is 264 g/mol. The van der Waals surface area contributed by atoms with Gasteiger partial charge in [0.15, 0.2) is 5.65 Å². The van der Waals surface area contributed by atoms with Gasteiger partial charge in [0.2, 0.25) is 5.91 Å². The van der Waals surface area contributed by atoms with Crippen LogP contribution in [0.1, 0.15) is 26.1 Å². The van der Waals surface area contributed by atoms with Crippen molar-refractivity contribution in [3.05, 3.63) is 22.4 Å². The molecule has 8 heteroatoms. The Morgan fingerprint density at radius 2 is 2.26 bits per heavy atom. The van der Waals surface area contributed by atoms with E-state index in [2.05, 4.69) is 20.5 Å². The highest BCUT2D eigenvalue weighted by Gasteiger charge is 2.21. The van der Waals surface area contributed by atoms with Crippen LogP contribution in [0.2, 0.25) is 0 Å². The summed E-state index contributed by atoms with van der Waals surface area (Å²) in [4.78, 5) is 26.7. The minimum absolute atomic E-state index is 0.173. The predicted molar refractivity (Wildman–Crippen MR) is 69.9 cm³/mol. The van der Waals surface area contributed by atoms with Gasteiger partial charge in [-0.1, -0.05) is 0 Å². The molecule has 0 radical (unpaired) electrons. The summed E-state index contributed by atoms with van der Waals surface area (Å²) < 4.78 is 1.37. The van der Waals surface area contributed by atoms with E-state index in [1.54, 1.807) is 13.0 Å². The van der Waals surface area contributed by atoms with E-state index in [-0.39, 0.29) is 12.1 Å². The molecule has 2 heterocycles. The Labute approximate surface area is 109 Å². The number of rotatable bonds is 4. The summed E-state index contributed by atoms with van der Waals surface area (Å²) in [6, 6.07) is 1.63. The smallest absolute Gasteiger partial charge is 0.349 e. The molecule has 2 aromatic heterocycles. The Morgan fingerprint density at radius 1 is 1.58 bits per heavy atom. The molecule has 0 bridgehead atoms. The Hall–Kier alpha value is -2.38. The zero-order valence-electron chi connectivity index (χ0n) is 11.0. The van der Waals surface area contributed by atoms with E-state index < -0.39 is 11.4 Å². The van der Waals surface area contributed by atoms with Gasteiger partial charge in [0, 0.05) is 18.0 Å². The zero-order valence-corrected chi connectivity index (χ0v) is 11.0. The Morgan fingerprint density at radius 3 is 2.89 bits per heavy atom. The number of hydrogen-bond acceptors (Lipinski definition) is 5. The summed E-state index contributed by atoms with van der Waals surface area (Å²) in [5, 5.41) is 9.35. The van der Waals surface area contributed by atoms with E-state index in [0.717, 1.165) is 0 Å². The highest BCUT2D eigenvalue weighted by atomic mass is 16.1. The first-order chi connectivity index (χ1) is 8.78. The normalized spacial score (nSPS) is 11.7. The number of anilines is 1. The first-order valence-electron chi connectivity index (χ1n) is 5.80. The van der Waals surface area contributed by atoms with E-state index >= 15 is 0 Å². The van der Waals surface area contributed by atoms with E-state index in [9.17, 15) is 9.59 Å². The second-order valence-corrected chi connectivity index (χ2v) is 5.06. The van der Waals surface area contributed by atoms with Crippen molar-refractivity contribution in [3.8, 4) is 0 Å². The number of amides is 1. The fourth-order valence-corrected chi connectivity index (χ4v) is 1.99. The quantitative estimate of drug-likeness (QED) is 0.706. The molecule has 19 heavy (non-hydrogen) atoms. The van der Waals surface area contributed by atoms with Crippen molar-refractivity contribution in [2.75, 3.05) is 5.32 Å². The summed E-state index contributed by atoms with van der Waals surface area (Å²) in [7, 11) is 0. The average molecular weight is 264 g/mol. The first kappa shape index (κ1) is 13.1. The lowest BCUT2D eigenvalue weighted by Gasteiger charge is -2.25. The topological polar surface area (TPSA) is 118 Å². The van der Waals surface area contributed by atoms with E-state index in [0.29, 0.717) is 17.3 Å². The molecular weight excluding hydrogens is 248 g/mol. The van der Waals surface area contributed by atoms with Gasteiger partial charge in [-0.2, -0.15) is 5.10 Å². The van der Waals surface area contributed by atoms with Crippen LogP contribution in [0.4, 0.5) is 5.82 Å². The van der Waals surface area contributed by atoms with Crippen molar-refractivity contribution < 1.29 is 4.79 Å². The molecule has 0 aromatic carbocycles. The molecule has 2 aromatic rings. The van der Waals surface area contributed by atoms with Crippen LogP contribution in [0.5, 0.6) is 0 Å². The summed E-state index contributed by atoms with van der Waals surface area (Å²) >= 11 is 0. The van der Waals surface area contributed by atoms with Crippen LogP contribution in [-0.2, 0) is 4.79 Å². The third kappa shape index (κ3) is 2.72. The van der Waals surface area contributed by atoms with Crippen molar-refractivity contribution in [1.29, 1.82) is 0 Å². The standard InChI is InChI=1S/C11H16N6O2/c1-6-13-8(14-11(2,3)5-7(12)18)4-9-15-16-10(19)17(6)9/h4,14H,5H2,1-3H3,(H2,12,18)(H,16,19). The van der Waals surface area contributed by atoms with Crippen LogP contribution >= 0.6 is 0 Å². The van der Waals surface area contributed by atoms with Crippen molar-refractivity contribution >= 4 is 17.4 Å². The zero-order chi connectivity index (χ0) is 14.2. The molecular formula is C11H16N6O2. The Balaban J connectivity index is 2.36. The third-order valence-electron chi connectivity index (χ3n) is 2.65. The number of H-pyrrole nitrogens is 1. The minimum atomic E-state index is -0.528. The summed E-state index contributed by atoms with van der Waals surface area (Å²) in [6.45, 7) is 5.39. The number of aromatic amines is 1. The molecule has 1 amide bonds. The molecule has 0 spiro atoms. The molecule has 0 atom stereocenters. The molecule has 4 N–H and O–H groups in total. The van der Waals surface area contributed by atoms with Gasteiger partial charge in [0.05, 0.1) is 0 Å². The van der Waals surface area contributed by atoms with Crippen molar-refractivity contribution in [2.45, 2.75) is 32.7 Å². The summed E-state index contributed by atoms with van der Waals surface area (Å²) in [5.41, 5.74) is 4.80. The molecule has 0 unspecified atom stereocenters. The van der Waals surface area contributed by atoms with Crippen molar-refractivity contribution in [1.82, 2.24) is 19.6 Å². The molecule has 8 nitrogen and oxygen atoms in total. The SMILES string of the molecule is Cc1nc(NC(C)(C)CC(N)=O)cc2n[nH]c(=O)n12. The van der Waals surface area contributed by atoms with Crippen LogP contribution in [0.3, 0.4) is 0 Å². The lowest BCUT2D eigenvalue weighted by atomic mass is 10.0. The fraction of sp³-hybridized carbons (Fsp3) is 0.455. The van der Waals surface area contributed by atoms with Crippen molar-refractivity contribution in [3.63, 3.8) is 0 Å². The average Bonchev–Trinajstić information content (AvgIpc) is 2.57. The number of nitrogens with zero attached hydrogens (tertiary/aromatic N) is 3. The third-order valence-corrected chi connectivity index (χ3v) is 2.65. The maximum atomic E-state index is 11.5. The van der Waals surface area contributed by atoms with Gasteiger partial charge in [-0.25, -0.2) is 19.3 Å². The number of fused-ring (bicyclic) bond motifs is 1. The number of aromatic nitrogens is 4. The van der Waals surface area contributed by atoms with Gasteiger partial charge >= 0.3 is 5.69 Å². The molecule has 0 fully saturated rings. The largest absolute Gasteiger partial charge is 0.370 e. The van der Waals surface area contributed by atoms with E-state index in [1.807, 2.05) is 13.8 Å². The highest BCUT2D eigenvalue weighted by Crippen LogP contribution is 2.17. The minimum Gasteiger partial charge on any atom is -0.370 e. The Bertz CT molecular complexity index is 684. The number of aryl methyl sites for hydroxylation is 1. The number of nitrogens with one attached hydrogen (secondary N) is 2. The van der Waals surface area contributed by atoms with E-state index in [1.165, 1.54) is 4.40 Å². The summed E-state index contributed by atoms with van der Waals surface area (Å²) in [6.07, 6.45) is 0.173. The number of hydrogen-bond donors (Lipinski definition) is 3. The molecule has 2 rings (SSSR count). The lowest BCUT2D eigenvalue weighted by molar-refractivity contribution is -0.118. The number of carbonyl (C=O) groups excluding carboxylic acids is 1. The number of carbonyl (C=O) groups is 1. The fourth-order valence-electron chi connectivity index (χ4n) is 1.99. The second kappa shape index (κ2) is 4.38. The van der Waals surface area contributed by atoms with Crippen LogP contribution in [0.15, 0.2) is 10.9 Å². The predicted octanol–water partition coefficient (Wildman–Crippen LogP) is -0.208. The maximum absolute atomic E-state index is 11.5. The Kier molecular flexibility index (Phi) is 3.01. The van der Waals surface area contributed by atoms with Crippen LogP contribution in [0.25, 0.3) is 5.65 Å². The van der Waals surface area contributed by atoms with Crippen LogP contribution < -0.4 is 16.7 Å². The van der Waals surface area contributed by atoms with E-state index in [4.69, 9.17) is 5.73 Å². The van der Waals surface area contributed by atoms with Crippen LogP contribution in [-0.4, -0.2) is 31.0 Å². The maximum Gasteiger partial charge on any atom is 0.349 e. The number of primary amides is 1. The molecule has 0 saturated carbocycles. The van der Waals surface area contributed by atoms with Crippen molar-refractivity contribution in [2.24, 2.45) is 5.73 Å². The van der Waals surface area contributed by atoms with Gasteiger partial charge < -0.3 is 11.1 Å². The van der Waals surface area contributed by atoms with Gasteiger partial charge in [-0.05, 0) is 20.8 Å². The molecule has 102 valence electrons. The number of nitrogens with two attached hydrogens (primary N) is 1. The molecule has 0 aliphatic rings. The van der Waals surface area contributed by atoms with Gasteiger partial charge in [0.1, 0.15) is 11.6 Å². The lowest BCUT2D eigenvalue weighted by Crippen LogP contribution is -2.36. The van der Waals surface area contributed by atoms with Crippen LogP contribution in [0, 0.1) is 6.92 Å². The van der Waals surface area contributed by atoms with Gasteiger partial charge in [-0.3, -0.25) is 4.79 Å². The molecule has 0 aliphatic carbocycles. The molecule has 0 saturated heterocycles. The van der Waals surface area contributed by atoms with Gasteiger partial charge in [-0.15, -0.1) is 0 Å². The first-order valence-corrected chi connectivity index (χ1v) is 5.80. The molecule has 0 aliphatic heterocycles. The summed E-state index contributed by atoms with van der Waals surface area (Å²) in [5.74, 6) is 0.648.